The normalized spacial score (nSPS) is 17.6. The molecule has 0 atom stereocenters. The van der Waals surface area contributed by atoms with E-state index in [2.05, 4.69) is 70.6 Å². The molecule has 2 aromatic carbocycles. The minimum absolute atomic E-state index is 0.202. The number of oxime groups is 1. The van der Waals surface area contributed by atoms with Gasteiger partial charge in [0.25, 0.3) is 0 Å². The molecule has 0 aromatic heterocycles. The number of hydrogen-bond donors (Lipinski definition) is 0. The van der Waals surface area contributed by atoms with Crippen molar-refractivity contribution in [3.05, 3.63) is 76.4 Å². The van der Waals surface area contributed by atoms with Crippen molar-refractivity contribution < 1.29 is 4.84 Å². The molecule has 0 amide bonds. The number of rotatable bonds is 4. The lowest BCUT2D eigenvalue weighted by Gasteiger charge is -2.42. The van der Waals surface area contributed by atoms with Crippen LogP contribution in [-0.2, 0) is 15.7 Å². The van der Waals surface area contributed by atoms with E-state index in [1.807, 2.05) is 12.1 Å². The SMILES string of the molecule is C=C(c1ccc(/C=N/OC)cc1)c1cc2c(cc1C)C(C)(C)CCC2(C)C. The van der Waals surface area contributed by atoms with Crippen molar-refractivity contribution >= 4 is 11.8 Å². The zero-order valence-electron chi connectivity index (χ0n) is 17.5. The summed E-state index contributed by atoms with van der Waals surface area (Å²) in [5.41, 5.74) is 9.19. The monoisotopic (exact) mass is 361 g/mol. The van der Waals surface area contributed by atoms with Crippen molar-refractivity contribution in [1.82, 2.24) is 0 Å². The predicted octanol–water partition coefficient (Wildman–Crippen LogP) is 6.39. The zero-order valence-corrected chi connectivity index (χ0v) is 17.5. The van der Waals surface area contributed by atoms with Crippen molar-refractivity contribution in [2.75, 3.05) is 7.11 Å². The summed E-state index contributed by atoms with van der Waals surface area (Å²) in [6.07, 6.45) is 4.16. The first-order valence-electron chi connectivity index (χ1n) is 9.67. The molecule has 0 fully saturated rings. The molecular formula is C25H31NO. The average Bonchev–Trinajstić information content (AvgIpc) is 2.63. The first kappa shape index (κ1) is 19.4. The Bertz CT molecular complexity index is 885. The minimum atomic E-state index is 0.202. The number of benzene rings is 2. The molecular weight excluding hydrogens is 330 g/mol. The molecule has 0 spiro atoms. The van der Waals surface area contributed by atoms with E-state index >= 15 is 0 Å². The van der Waals surface area contributed by atoms with Crippen LogP contribution in [0.15, 0.2) is 48.1 Å². The Labute approximate surface area is 164 Å². The Morgan fingerprint density at radius 3 is 2.11 bits per heavy atom. The van der Waals surface area contributed by atoms with Crippen molar-refractivity contribution in [2.24, 2.45) is 5.16 Å². The summed E-state index contributed by atoms with van der Waals surface area (Å²) < 4.78 is 0. The van der Waals surface area contributed by atoms with Crippen molar-refractivity contribution in [2.45, 2.75) is 58.3 Å². The molecule has 0 saturated heterocycles. The van der Waals surface area contributed by atoms with E-state index in [1.54, 1.807) is 13.3 Å². The molecule has 0 aliphatic heterocycles. The standard InChI is InChI=1S/C25H31NO/c1-17-14-22-23(25(5,6)13-12-24(22,3)4)15-21(17)18(2)20-10-8-19(9-11-20)16-26-27-7/h8-11,14-16H,2,12-13H2,1,3-7H3/b26-16+. The maximum atomic E-state index is 4.75. The first-order valence-corrected chi connectivity index (χ1v) is 9.67. The van der Waals surface area contributed by atoms with Crippen LogP contribution in [0.25, 0.3) is 5.57 Å². The lowest BCUT2D eigenvalue weighted by Crippen LogP contribution is -2.34. The number of aryl methyl sites for hydroxylation is 1. The second-order valence-corrected chi connectivity index (χ2v) is 9.00. The lowest BCUT2D eigenvalue weighted by molar-refractivity contribution is 0.215. The summed E-state index contributed by atoms with van der Waals surface area (Å²) in [6.45, 7) is 16.1. The molecule has 0 saturated carbocycles. The fourth-order valence-electron chi connectivity index (χ4n) is 4.09. The first-order chi connectivity index (χ1) is 12.7. The van der Waals surface area contributed by atoms with Crippen LogP contribution in [0.1, 0.15) is 73.9 Å². The second-order valence-electron chi connectivity index (χ2n) is 9.00. The van der Waals surface area contributed by atoms with Crippen LogP contribution in [0.3, 0.4) is 0 Å². The van der Waals surface area contributed by atoms with Crippen molar-refractivity contribution in [3.63, 3.8) is 0 Å². The molecule has 1 aliphatic rings. The summed E-state index contributed by atoms with van der Waals surface area (Å²) in [5.74, 6) is 0. The molecule has 27 heavy (non-hydrogen) atoms. The van der Waals surface area contributed by atoms with Gasteiger partial charge in [0.1, 0.15) is 7.11 Å². The molecule has 142 valence electrons. The molecule has 0 heterocycles. The zero-order chi connectivity index (χ0) is 19.8. The number of nitrogens with zero attached hydrogens (tertiary/aromatic N) is 1. The van der Waals surface area contributed by atoms with Crippen LogP contribution in [0.4, 0.5) is 0 Å². The van der Waals surface area contributed by atoms with Gasteiger partial charge in [0.2, 0.25) is 0 Å². The maximum Gasteiger partial charge on any atom is 0.106 e. The fourth-order valence-corrected chi connectivity index (χ4v) is 4.09. The second kappa shape index (κ2) is 6.99. The van der Waals surface area contributed by atoms with Gasteiger partial charge in [0, 0.05) is 0 Å². The van der Waals surface area contributed by atoms with Gasteiger partial charge in [-0.25, -0.2) is 0 Å². The van der Waals surface area contributed by atoms with E-state index in [9.17, 15) is 0 Å². The highest BCUT2D eigenvalue weighted by Gasteiger charge is 2.37. The van der Waals surface area contributed by atoms with Crippen LogP contribution < -0.4 is 0 Å². The third-order valence-corrected chi connectivity index (χ3v) is 6.09. The van der Waals surface area contributed by atoms with Gasteiger partial charge in [-0.2, -0.15) is 0 Å². The molecule has 3 rings (SSSR count). The Morgan fingerprint density at radius 1 is 1.00 bits per heavy atom. The Balaban J connectivity index is 2.02. The van der Waals surface area contributed by atoms with Gasteiger partial charge in [-0.05, 0) is 69.5 Å². The van der Waals surface area contributed by atoms with E-state index in [-0.39, 0.29) is 10.8 Å². The number of hydrogen-bond acceptors (Lipinski definition) is 2. The fraction of sp³-hybridized carbons (Fsp3) is 0.400. The van der Waals surface area contributed by atoms with Crippen LogP contribution in [0.5, 0.6) is 0 Å². The summed E-state index contributed by atoms with van der Waals surface area (Å²) in [5, 5.41) is 3.82. The van der Waals surface area contributed by atoms with Gasteiger partial charge < -0.3 is 4.84 Å². The Hall–Kier alpha value is -2.35. The smallest absolute Gasteiger partial charge is 0.106 e. The van der Waals surface area contributed by atoms with E-state index in [0.717, 1.165) is 16.7 Å². The van der Waals surface area contributed by atoms with Crippen LogP contribution in [0.2, 0.25) is 0 Å². The third kappa shape index (κ3) is 3.71. The Morgan fingerprint density at radius 2 is 1.56 bits per heavy atom. The highest BCUT2D eigenvalue weighted by atomic mass is 16.6. The maximum absolute atomic E-state index is 4.75. The molecule has 0 radical (unpaired) electrons. The van der Waals surface area contributed by atoms with Crippen LogP contribution in [0, 0.1) is 6.92 Å². The molecule has 2 nitrogen and oxygen atoms in total. The molecule has 2 heteroatoms. The molecule has 0 N–H and O–H groups in total. The molecule has 0 unspecified atom stereocenters. The summed E-state index contributed by atoms with van der Waals surface area (Å²) >= 11 is 0. The lowest BCUT2D eigenvalue weighted by atomic mass is 9.62. The summed E-state index contributed by atoms with van der Waals surface area (Å²) in [4.78, 5) is 4.75. The van der Waals surface area contributed by atoms with E-state index < -0.39 is 0 Å². The van der Waals surface area contributed by atoms with Gasteiger partial charge in [0.05, 0.1) is 6.21 Å². The highest BCUT2D eigenvalue weighted by Crippen LogP contribution is 2.47. The van der Waals surface area contributed by atoms with Crippen LogP contribution >= 0.6 is 0 Å². The molecule has 1 aliphatic carbocycles. The molecule has 0 bridgehead atoms. The van der Waals surface area contributed by atoms with Gasteiger partial charge in [-0.1, -0.05) is 75.8 Å². The third-order valence-electron chi connectivity index (χ3n) is 6.09. The number of fused-ring (bicyclic) bond motifs is 1. The van der Waals surface area contributed by atoms with Crippen LogP contribution in [-0.4, -0.2) is 13.3 Å². The largest absolute Gasteiger partial charge is 0.399 e. The summed E-state index contributed by atoms with van der Waals surface area (Å²) in [6, 6.07) is 13.1. The van der Waals surface area contributed by atoms with Crippen molar-refractivity contribution in [3.8, 4) is 0 Å². The van der Waals surface area contributed by atoms with Gasteiger partial charge in [0.15, 0.2) is 0 Å². The van der Waals surface area contributed by atoms with E-state index in [0.29, 0.717) is 0 Å². The topological polar surface area (TPSA) is 21.6 Å². The van der Waals surface area contributed by atoms with Gasteiger partial charge in [-0.3, -0.25) is 0 Å². The van der Waals surface area contributed by atoms with Crippen molar-refractivity contribution in [1.29, 1.82) is 0 Å². The van der Waals surface area contributed by atoms with Gasteiger partial charge in [-0.15, -0.1) is 0 Å². The predicted molar refractivity (Wildman–Crippen MR) is 116 cm³/mol. The quantitative estimate of drug-likeness (QED) is 0.457. The average molecular weight is 362 g/mol. The summed E-state index contributed by atoms with van der Waals surface area (Å²) in [7, 11) is 1.55. The minimum Gasteiger partial charge on any atom is -0.399 e. The molecule has 2 aromatic rings. The Kier molecular flexibility index (Phi) is 5.03. The highest BCUT2D eigenvalue weighted by molar-refractivity contribution is 5.84. The van der Waals surface area contributed by atoms with E-state index in [4.69, 9.17) is 4.84 Å². The van der Waals surface area contributed by atoms with E-state index in [1.165, 1.54) is 35.1 Å². The van der Waals surface area contributed by atoms with Gasteiger partial charge >= 0.3 is 0 Å².